The van der Waals surface area contributed by atoms with Crippen LogP contribution in [0.2, 0.25) is 0 Å². The molecule has 0 fully saturated rings. The average Bonchev–Trinajstić information content (AvgIpc) is 1.61. The minimum Gasteiger partial charge on any atom is -0.384 e. The molecule has 0 saturated heterocycles. The number of hydrogen-bond donors (Lipinski definition) is 1. The molecule has 0 unspecified atom stereocenters. The van der Waals surface area contributed by atoms with Crippen molar-refractivity contribution >= 4 is 0 Å². The highest BCUT2D eigenvalue weighted by Crippen LogP contribution is 1.77. The number of aliphatic hydroxyl groups excluding tert-OH is 1. The van der Waals surface area contributed by atoms with E-state index in [-0.39, 0.29) is 6.61 Å². The molecule has 1 N–H and O–H groups in total. The summed E-state index contributed by atoms with van der Waals surface area (Å²) in [6.45, 7) is 5.23. The van der Waals surface area contributed by atoms with E-state index >= 15 is 0 Å². The van der Waals surface area contributed by atoms with Crippen molar-refractivity contribution in [3.8, 4) is 11.8 Å². The van der Waals surface area contributed by atoms with Crippen molar-refractivity contribution in [2.75, 3.05) is 6.61 Å². The van der Waals surface area contributed by atoms with Gasteiger partial charge < -0.3 is 5.11 Å². The zero-order valence-electron chi connectivity index (χ0n) is 4.36. The van der Waals surface area contributed by atoms with Crippen LogP contribution in [0.5, 0.6) is 0 Å². The molecule has 0 aromatic heterocycles. The van der Waals surface area contributed by atoms with Crippen LogP contribution in [0.25, 0.3) is 0 Å². The molecule has 0 aromatic rings. The van der Waals surface area contributed by atoms with Gasteiger partial charge in [-0.3, -0.25) is 0 Å². The quantitative estimate of drug-likeness (QED) is 0.437. The molecule has 0 amide bonds. The highest BCUT2D eigenvalue weighted by atomic mass is 16.2. The van der Waals surface area contributed by atoms with Crippen molar-refractivity contribution in [2.45, 2.75) is 6.92 Å². The number of hydrogen-bond acceptors (Lipinski definition) is 1. The third-order valence-corrected chi connectivity index (χ3v) is 0.381. The molecule has 0 rings (SSSR count). The molecule has 0 saturated carbocycles. The molecule has 0 aliphatic heterocycles. The summed E-state index contributed by atoms with van der Waals surface area (Å²) >= 11 is 0. The molecule has 0 atom stereocenters. The topological polar surface area (TPSA) is 20.2 Å². The molecule has 1 heteroatoms. The van der Waals surface area contributed by atoms with E-state index in [1.807, 2.05) is 0 Å². The lowest BCUT2D eigenvalue weighted by Crippen LogP contribution is -1.70. The van der Waals surface area contributed by atoms with E-state index in [0.717, 1.165) is 5.57 Å². The lowest BCUT2D eigenvalue weighted by atomic mass is 10.4. The number of aliphatic hydroxyl groups is 1. The van der Waals surface area contributed by atoms with Gasteiger partial charge in [-0.25, -0.2) is 0 Å². The normalized spacial score (nSPS) is 6.57. The maximum Gasteiger partial charge on any atom is 0.104 e. The molecule has 7 heavy (non-hydrogen) atoms. The fourth-order valence-electron chi connectivity index (χ4n) is 0.190. The number of rotatable bonds is 0. The van der Waals surface area contributed by atoms with Crippen LogP contribution in [0.4, 0.5) is 0 Å². The predicted molar refractivity (Wildman–Crippen MR) is 29.7 cm³/mol. The van der Waals surface area contributed by atoms with E-state index < -0.39 is 0 Å². The third-order valence-electron chi connectivity index (χ3n) is 0.381. The summed E-state index contributed by atoms with van der Waals surface area (Å²) in [5.41, 5.74) is 0.786. The third kappa shape index (κ3) is 5.26. The van der Waals surface area contributed by atoms with Crippen LogP contribution < -0.4 is 0 Å². The van der Waals surface area contributed by atoms with Gasteiger partial charge in [0.1, 0.15) is 6.61 Å². The Morgan fingerprint density at radius 3 is 2.57 bits per heavy atom. The first-order valence-corrected chi connectivity index (χ1v) is 2.02. The Kier molecular flexibility index (Phi) is 3.09. The fourth-order valence-corrected chi connectivity index (χ4v) is 0.190. The smallest absolute Gasteiger partial charge is 0.104 e. The molecular weight excluding hydrogens is 88.1 g/mol. The Balaban J connectivity index is 3.45. The summed E-state index contributed by atoms with van der Waals surface area (Å²) < 4.78 is 0. The van der Waals surface area contributed by atoms with Gasteiger partial charge in [0.15, 0.2) is 0 Å². The van der Waals surface area contributed by atoms with Crippen LogP contribution in [0, 0.1) is 11.8 Å². The zero-order chi connectivity index (χ0) is 5.70. The Morgan fingerprint density at radius 1 is 1.86 bits per heavy atom. The first-order valence-electron chi connectivity index (χ1n) is 2.02. The highest BCUT2D eigenvalue weighted by Gasteiger charge is 1.65. The molecule has 0 heterocycles. The summed E-state index contributed by atoms with van der Waals surface area (Å²) in [6.07, 6.45) is 0. The van der Waals surface area contributed by atoms with Crippen molar-refractivity contribution in [3.05, 3.63) is 12.2 Å². The number of allylic oxidation sites excluding steroid dienone is 1. The van der Waals surface area contributed by atoms with Crippen molar-refractivity contribution in [1.29, 1.82) is 0 Å². The van der Waals surface area contributed by atoms with E-state index in [1.54, 1.807) is 6.92 Å². The second-order valence-corrected chi connectivity index (χ2v) is 1.24. The molecule has 0 radical (unpaired) electrons. The monoisotopic (exact) mass is 96.1 g/mol. The lowest BCUT2D eigenvalue weighted by Gasteiger charge is -1.73. The van der Waals surface area contributed by atoms with Crippen LogP contribution >= 0.6 is 0 Å². The van der Waals surface area contributed by atoms with Crippen LogP contribution in [-0.4, -0.2) is 11.7 Å². The Hall–Kier alpha value is -0.740. The molecule has 0 aliphatic rings. The standard InChI is InChI=1S/C6H8O/c1-6(2)4-3-5-7/h7H,1,5H2,2H3. The van der Waals surface area contributed by atoms with Gasteiger partial charge >= 0.3 is 0 Å². The second-order valence-electron chi connectivity index (χ2n) is 1.24. The summed E-state index contributed by atoms with van der Waals surface area (Å²) in [5, 5.41) is 8.10. The molecule has 0 bridgehead atoms. The first-order chi connectivity index (χ1) is 3.27. The van der Waals surface area contributed by atoms with E-state index in [2.05, 4.69) is 18.4 Å². The Morgan fingerprint density at radius 2 is 2.43 bits per heavy atom. The predicted octanol–water partition coefficient (Wildman–Crippen LogP) is 0.558. The maximum absolute atomic E-state index is 8.10. The largest absolute Gasteiger partial charge is 0.384 e. The Labute approximate surface area is 43.7 Å². The van der Waals surface area contributed by atoms with Gasteiger partial charge in [0.05, 0.1) is 0 Å². The zero-order valence-corrected chi connectivity index (χ0v) is 4.36. The SMILES string of the molecule is C=C(C)C#CCO. The van der Waals surface area contributed by atoms with E-state index in [9.17, 15) is 0 Å². The van der Waals surface area contributed by atoms with Crippen molar-refractivity contribution in [1.82, 2.24) is 0 Å². The van der Waals surface area contributed by atoms with Gasteiger partial charge in [0.25, 0.3) is 0 Å². The molecule has 0 aromatic carbocycles. The van der Waals surface area contributed by atoms with Crippen molar-refractivity contribution in [2.24, 2.45) is 0 Å². The minimum absolute atomic E-state index is 0.0765. The first kappa shape index (κ1) is 6.26. The van der Waals surface area contributed by atoms with Crippen molar-refractivity contribution in [3.63, 3.8) is 0 Å². The van der Waals surface area contributed by atoms with Gasteiger partial charge in [0, 0.05) is 0 Å². The summed E-state index contributed by atoms with van der Waals surface area (Å²) in [6, 6.07) is 0. The lowest BCUT2D eigenvalue weighted by molar-refractivity contribution is 0.350. The highest BCUT2D eigenvalue weighted by molar-refractivity contribution is 5.22. The van der Waals surface area contributed by atoms with Gasteiger partial charge in [-0.2, -0.15) is 0 Å². The van der Waals surface area contributed by atoms with Crippen LogP contribution in [0.15, 0.2) is 12.2 Å². The van der Waals surface area contributed by atoms with Crippen LogP contribution in [0.1, 0.15) is 6.92 Å². The van der Waals surface area contributed by atoms with Crippen LogP contribution in [0.3, 0.4) is 0 Å². The average molecular weight is 96.1 g/mol. The Bertz CT molecular complexity index is 114. The van der Waals surface area contributed by atoms with Gasteiger partial charge in [0.2, 0.25) is 0 Å². The second kappa shape index (κ2) is 3.45. The molecule has 38 valence electrons. The van der Waals surface area contributed by atoms with E-state index in [1.165, 1.54) is 0 Å². The van der Waals surface area contributed by atoms with Crippen LogP contribution in [-0.2, 0) is 0 Å². The van der Waals surface area contributed by atoms with Gasteiger partial charge in [-0.05, 0) is 12.5 Å². The van der Waals surface area contributed by atoms with Gasteiger partial charge in [-0.1, -0.05) is 18.4 Å². The fraction of sp³-hybridized carbons (Fsp3) is 0.333. The van der Waals surface area contributed by atoms with E-state index in [4.69, 9.17) is 5.11 Å². The summed E-state index contributed by atoms with van der Waals surface area (Å²) in [5.74, 6) is 5.05. The minimum atomic E-state index is -0.0765. The van der Waals surface area contributed by atoms with E-state index in [0.29, 0.717) is 0 Å². The molecule has 1 nitrogen and oxygen atoms in total. The summed E-state index contributed by atoms with van der Waals surface area (Å²) in [4.78, 5) is 0. The summed E-state index contributed by atoms with van der Waals surface area (Å²) in [7, 11) is 0. The molecule has 0 spiro atoms. The molecular formula is C6H8O. The molecule has 0 aliphatic carbocycles. The maximum atomic E-state index is 8.10. The van der Waals surface area contributed by atoms with Crippen molar-refractivity contribution < 1.29 is 5.11 Å². The van der Waals surface area contributed by atoms with Gasteiger partial charge in [-0.15, -0.1) is 0 Å².